The maximum absolute atomic E-state index is 9.83. The Hall–Kier alpha value is -0.650. The van der Waals surface area contributed by atoms with Gasteiger partial charge < -0.3 is 15.7 Å². The third-order valence-electron chi connectivity index (χ3n) is 4.08. The molecular weight excluding hydrogens is 252 g/mol. The fourth-order valence-electron chi connectivity index (χ4n) is 2.60. The maximum Gasteiger partial charge on any atom is 0.0963 e. The molecule has 1 rings (SSSR count). The summed E-state index contributed by atoms with van der Waals surface area (Å²) in [6, 6.07) is 0. The molecule has 0 saturated carbocycles. The Morgan fingerprint density at radius 2 is 1.60 bits per heavy atom. The van der Waals surface area contributed by atoms with Crippen LogP contribution in [0.5, 0.6) is 0 Å². The minimum absolute atomic E-state index is 0.178. The summed E-state index contributed by atoms with van der Waals surface area (Å²) in [6.07, 6.45) is 2.05. The highest BCUT2D eigenvalue weighted by molar-refractivity contribution is 5.82. The first-order chi connectivity index (χ1) is 9.10. The molecular formula is C15H32N4O. The lowest BCUT2D eigenvalue weighted by Gasteiger charge is -2.37. The van der Waals surface area contributed by atoms with E-state index in [0.29, 0.717) is 0 Å². The van der Waals surface area contributed by atoms with Crippen molar-refractivity contribution in [1.82, 2.24) is 9.80 Å². The highest BCUT2D eigenvalue weighted by Gasteiger charge is 2.24. The van der Waals surface area contributed by atoms with Crippen molar-refractivity contribution in [2.24, 2.45) is 11.1 Å². The van der Waals surface area contributed by atoms with Crippen LogP contribution in [0.3, 0.4) is 0 Å². The molecule has 20 heavy (non-hydrogen) atoms. The van der Waals surface area contributed by atoms with Gasteiger partial charge in [-0.2, -0.15) is 0 Å². The van der Waals surface area contributed by atoms with E-state index in [4.69, 9.17) is 11.1 Å². The second-order valence-corrected chi connectivity index (χ2v) is 7.33. The molecule has 1 heterocycles. The lowest BCUT2D eigenvalue weighted by molar-refractivity contribution is 0.0174. The van der Waals surface area contributed by atoms with Gasteiger partial charge in [0.2, 0.25) is 0 Å². The Morgan fingerprint density at radius 3 is 2.05 bits per heavy atom. The number of piperazine rings is 1. The van der Waals surface area contributed by atoms with E-state index in [1.807, 2.05) is 27.7 Å². The molecule has 0 unspecified atom stereocenters. The monoisotopic (exact) mass is 284 g/mol. The van der Waals surface area contributed by atoms with Gasteiger partial charge in [0.1, 0.15) is 0 Å². The van der Waals surface area contributed by atoms with Crippen LogP contribution in [0.25, 0.3) is 0 Å². The molecule has 5 nitrogen and oxygen atoms in total. The Kier molecular flexibility index (Phi) is 5.98. The summed E-state index contributed by atoms with van der Waals surface area (Å²) in [5, 5.41) is 17.4. The van der Waals surface area contributed by atoms with Gasteiger partial charge in [-0.3, -0.25) is 10.3 Å². The molecule has 5 heteroatoms. The Balaban J connectivity index is 2.22. The lowest BCUT2D eigenvalue weighted by Crippen LogP contribution is -2.50. The first kappa shape index (κ1) is 17.4. The van der Waals surface area contributed by atoms with E-state index >= 15 is 0 Å². The predicted molar refractivity (Wildman–Crippen MR) is 84.1 cm³/mol. The number of rotatable bonds is 7. The second kappa shape index (κ2) is 6.87. The van der Waals surface area contributed by atoms with Crippen molar-refractivity contribution in [3.05, 3.63) is 0 Å². The van der Waals surface area contributed by atoms with Gasteiger partial charge in [-0.1, -0.05) is 13.8 Å². The minimum atomic E-state index is -0.603. The van der Waals surface area contributed by atoms with Crippen LogP contribution in [-0.4, -0.2) is 65.6 Å². The summed E-state index contributed by atoms with van der Waals surface area (Å²) in [6.45, 7) is 13.8. The van der Waals surface area contributed by atoms with Gasteiger partial charge in [0.15, 0.2) is 0 Å². The minimum Gasteiger partial charge on any atom is -0.389 e. The van der Waals surface area contributed by atoms with Gasteiger partial charge in [-0.15, -0.1) is 0 Å². The summed E-state index contributed by atoms with van der Waals surface area (Å²) < 4.78 is 0. The quantitative estimate of drug-likeness (QED) is 0.483. The summed E-state index contributed by atoms with van der Waals surface area (Å²) in [5.41, 5.74) is 4.82. The van der Waals surface area contributed by atoms with E-state index < -0.39 is 5.60 Å². The van der Waals surface area contributed by atoms with Crippen LogP contribution in [-0.2, 0) is 0 Å². The average Bonchev–Trinajstić information content (AvgIpc) is 2.29. The number of nitrogens with two attached hydrogens (primary N) is 1. The van der Waals surface area contributed by atoms with Gasteiger partial charge in [-0.25, -0.2) is 0 Å². The molecule has 0 aromatic carbocycles. The molecule has 1 saturated heterocycles. The van der Waals surface area contributed by atoms with Crippen LogP contribution in [0, 0.1) is 10.8 Å². The van der Waals surface area contributed by atoms with Gasteiger partial charge in [0.25, 0.3) is 0 Å². The number of amidine groups is 1. The highest BCUT2D eigenvalue weighted by atomic mass is 16.3. The summed E-state index contributed by atoms with van der Waals surface area (Å²) in [5.74, 6) is 0.285. The number of β-amino-alcohol motifs (C(OH)–C–C–N with tert-alkyl or cyclic N) is 1. The SMILES string of the molecule is CC(C)(O)CN1CCN(CCCC(C)(C)C(=N)N)CC1. The molecule has 0 aliphatic carbocycles. The fourth-order valence-corrected chi connectivity index (χ4v) is 2.60. The van der Waals surface area contributed by atoms with Crippen LogP contribution < -0.4 is 5.73 Å². The number of nitrogens with zero attached hydrogens (tertiary/aromatic N) is 2. The predicted octanol–water partition coefficient (Wildman–Crippen LogP) is 1.12. The largest absolute Gasteiger partial charge is 0.389 e. The van der Waals surface area contributed by atoms with E-state index in [9.17, 15) is 5.11 Å². The van der Waals surface area contributed by atoms with Gasteiger partial charge in [0.05, 0.1) is 11.4 Å². The number of hydrogen-bond donors (Lipinski definition) is 3. The van der Waals surface area contributed by atoms with Crippen molar-refractivity contribution >= 4 is 5.84 Å². The number of aliphatic hydroxyl groups is 1. The average molecular weight is 284 g/mol. The van der Waals surface area contributed by atoms with Crippen molar-refractivity contribution in [2.75, 3.05) is 39.3 Å². The zero-order valence-corrected chi connectivity index (χ0v) is 13.6. The molecule has 118 valence electrons. The van der Waals surface area contributed by atoms with Crippen molar-refractivity contribution < 1.29 is 5.11 Å². The molecule has 0 amide bonds. The molecule has 0 bridgehead atoms. The van der Waals surface area contributed by atoms with Gasteiger partial charge >= 0.3 is 0 Å². The third kappa shape index (κ3) is 6.20. The van der Waals surface area contributed by atoms with E-state index in [-0.39, 0.29) is 11.3 Å². The molecule has 0 radical (unpaired) electrons. The van der Waals surface area contributed by atoms with E-state index in [0.717, 1.165) is 52.1 Å². The molecule has 0 spiro atoms. The highest BCUT2D eigenvalue weighted by Crippen LogP contribution is 2.22. The van der Waals surface area contributed by atoms with E-state index in [2.05, 4.69) is 9.80 Å². The van der Waals surface area contributed by atoms with Crippen molar-refractivity contribution in [3.63, 3.8) is 0 Å². The van der Waals surface area contributed by atoms with Crippen LogP contribution in [0.2, 0.25) is 0 Å². The lowest BCUT2D eigenvalue weighted by atomic mass is 9.86. The molecule has 1 aliphatic rings. The first-order valence-corrected chi connectivity index (χ1v) is 7.62. The number of nitrogens with one attached hydrogen (secondary N) is 1. The zero-order valence-electron chi connectivity index (χ0n) is 13.6. The molecule has 1 aliphatic heterocycles. The molecule has 0 aromatic rings. The van der Waals surface area contributed by atoms with Crippen LogP contribution in [0.15, 0.2) is 0 Å². The second-order valence-electron chi connectivity index (χ2n) is 7.33. The van der Waals surface area contributed by atoms with Crippen molar-refractivity contribution in [3.8, 4) is 0 Å². The Morgan fingerprint density at radius 1 is 1.10 bits per heavy atom. The van der Waals surface area contributed by atoms with Gasteiger partial charge in [-0.05, 0) is 33.2 Å². The van der Waals surface area contributed by atoms with Crippen molar-refractivity contribution in [2.45, 2.75) is 46.1 Å². The maximum atomic E-state index is 9.83. The zero-order chi connectivity index (χ0) is 15.4. The van der Waals surface area contributed by atoms with Crippen LogP contribution >= 0.6 is 0 Å². The van der Waals surface area contributed by atoms with E-state index in [1.54, 1.807) is 0 Å². The van der Waals surface area contributed by atoms with Crippen molar-refractivity contribution in [1.29, 1.82) is 5.41 Å². The molecule has 1 fully saturated rings. The van der Waals surface area contributed by atoms with Crippen LogP contribution in [0.1, 0.15) is 40.5 Å². The Labute approximate surface area is 123 Å². The summed E-state index contributed by atoms with van der Waals surface area (Å²) >= 11 is 0. The summed E-state index contributed by atoms with van der Waals surface area (Å²) in [4.78, 5) is 4.80. The summed E-state index contributed by atoms with van der Waals surface area (Å²) in [7, 11) is 0. The standard InChI is InChI=1S/C15H32N4O/c1-14(2,13(16)17)6-5-7-18-8-10-19(11-9-18)12-15(3,4)20/h20H,5-12H2,1-4H3,(H3,16,17). The topological polar surface area (TPSA) is 76.6 Å². The van der Waals surface area contributed by atoms with Gasteiger partial charge in [0, 0.05) is 38.1 Å². The normalized spacial score (nSPS) is 19.2. The molecule has 4 N–H and O–H groups in total. The van der Waals surface area contributed by atoms with E-state index in [1.165, 1.54) is 0 Å². The molecule has 0 aromatic heterocycles. The Bertz CT molecular complexity index is 314. The smallest absolute Gasteiger partial charge is 0.0963 e. The number of hydrogen-bond acceptors (Lipinski definition) is 4. The van der Waals surface area contributed by atoms with Crippen LogP contribution in [0.4, 0.5) is 0 Å². The first-order valence-electron chi connectivity index (χ1n) is 7.62. The molecule has 0 atom stereocenters. The third-order valence-corrected chi connectivity index (χ3v) is 4.08. The fraction of sp³-hybridized carbons (Fsp3) is 0.933.